The van der Waals surface area contributed by atoms with Crippen LogP contribution in [0.1, 0.15) is 11.1 Å². The van der Waals surface area contributed by atoms with Crippen LogP contribution in [0.25, 0.3) is 22.5 Å². The first-order valence-corrected chi connectivity index (χ1v) is 11.0. The fraction of sp³-hybridized carbons (Fsp3) is 0.148. The Balaban J connectivity index is 1.45. The predicted molar refractivity (Wildman–Crippen MR) is 132 cm³/mol. The van der Waals surface area contributed by atoms with Gasteiger partial charge in [0.15, 0.2) is 6.61 Å². The van der Waals surface area contributed by atoms with Crippen molar-refractivity contribution in [1.29, 1.82) is 0 Å². The number of nitrogens with one attached hydrogen (secondary N) is 2. The number of ether oxygens (including phenoxy) is 2. The number of H-pyrrole nitrogens is 1. The van der Waals surface area contributed by atoms with Crippen LogP contribution in [0.4, 0.5) is 0 Å². The average molecular weight is 472 g/mol. The molecule has 1 amide bonds. The van der Waals surface area contributed by atoms with Gasteiger partial charge in [0.25, 0.3) is 5.91 Å². The zero-order valence-electron chi connectivity index (χ0n) is 19.4. The summed E-state index contributed by atoms with van der Waals surface area (Å²) in [6, 6.07) is 21.3. The first-order chi connectivity index (χ1) is 16.9. The molecule has 0 spiro atoms. The van der Waals surface area contributed by atoms with Crippen molar-refractivity contribution in [1.82, 2.24) is 15.3 Å². The van der Waals surface area contributed by atoms with E-state index in [4.69, 9.17) is 9.47 Å². The van der Waals surface area contributed by atoms with E-state index in [1.165, 1.54) is 0 Å². The number of hydrogen-bond acceptors (Lipinski definition) is 6. The molecular formula is C27H25N3O5. The van der Waals surface area contributed by atoms with Crippen molar-refractivity contribution in [2.24, 2.45) is 0 Å². The Kier molecular flexibility index (Phi) is 7.11. The second kappa shape index (κ2) is 10.6. The van der Waals surface area contributed by atoms with Crippen LogP contribution in [0.15, 0.2) is 77.6 Å². The van der Waals surface area contributed by atoms with Crippen molar-refractivity contribution in [3.63, 3.8) is 0 Å². The number of aromatic amines is 1. The molecular weight excluding hydrogens is 446 g/mol. The van der Waals surface area contributed by atoms with Crippen LogP contribution >= 0.6 is 0 Å². The van der Waals surface area contributed by atoms with Gasteiger partial charge in [-0.15, -0.1) is 0 Å². The fourth-order valence-electron chi connectivity index (χ4n) is 3.57. The molecule has 0 saturated heterocycles. The van der Waals surface area contributed by atoms with Gasteiger partial charge < -0.3 is 24.9 Å². The lowest BCUT2D eigenvalue weighted by atomic mass is 10.1. The number of rotatable bonds is 8. The summed E-state index contributed by atoms with van der Waals surface area (Å²) in [5, 5.41) is 12.6. The molecule has 0 saturated carbocycles. The third kappa shape index (κ3) is 5.86. The number of benzene rings is 3. The van der Waals surface area contributed by atoms with E-state index in [1.54, 1.807) is 56.5 Å². The third-order valence-corrected chi connectivity index (χ3v) is 5.42. The van der Waals surface area contributed by atoms with Crippen LogP contribution in [0.5, 0.6) is 17.2 Å². The van der Waals surface area contributed by atoms with Gasteiger partial charge in [0.1, 0.15) is 17.2 Å². The molecule has 0 bridgehead atoms. The van der Waals surface area contributed by atoms with Gasteiger partial charge in [-0.2, -0.15) is 4.98 Å². The van der Waals surface area contributed by atoms with Crippen LogP contribution in [0.2, 0.25) is 0 Å². The Bertz CT molecular complexity index is 1410. The van der Waals surface area contributed by atoms with Crippen LogP contribution in [-0.4, -0.2) is 34.7 Å². The number of phenolic OH excluding ortho intramolecular Hbond substituents is 1. The summed E-state index contributed by atoms with van der Waals surface area (Å²) in [5.41, 5.74) is 3.51. The van der Waals surface area contributed by atoms with Gasteiger partial charge in [-0.25, -0.2) is 4.79 Å². The van der Waals surface area contributed by atoms with Crippen LogP contribution < -0.4 is 20.5 Å². The van der Waals surface area contributed by atoms with Gasteiger partial charge >= 0.3 is 5.69 Å². The van der Waals surface area contributed by atoms with E-state index in [9.17, 15) is 14.7 Å². The monoisotopic (exact) mass is 471 g/mol. The number of nitrogens with zero attached hydrogens (tertiary/aromatic N) is 1. The topological polar surface area (TPSA) is 114 Å². The molecule has 0 atom stereocenters. The number of carbonyl (C=O) groups is 1. The van der Waals surface area contributed by atoms with Gasteiger partial charge in [0.2, 0.25) is 0 Å². The number of para-hydroxylation sites is 1. The van der Waals surface area contributed by atoms with E-state index in [1.807, 2.05) is 30.3 Å². The summed E-state index contributed by atoms with van der Waals surface area (Å²) < 4.78 is 11.0. The summed E-state index contributed by atoms with van der Waals surface area (Å²) in [5.74, 6) is 1.09. The molecule has 3 N–H and O–H groups in total. The minimum absolute atomic E-state index is 0.163. The Morgan fingerprint density at radius 3 is 2.66 bits per heavy atom. The Labute approximate surface area is 202 Å². The van der Waals surface area contributed by atoms with Gasteiger partial charge in [-0.1, -0.05) is 30.3 Å². The molecule has 4 rings (SSSR count). The predicted octanol–water partition coefficient (Wildman–Crippen LogP) is 3.82. The molecule has 0 aliphatic heterocycles. The number of phenols is 1. The van der Waals surface area contributed by atoms with Crippen LogP contribution in [-0.2, 0) is 11.3 Å². The lowest BCUT2D eigenvalue weighted by Gasteiger charge is -2.11. The molecule has 0 radical (unpaired) electrons. The molecule has 0 fully saturated rings. The Morgan fingerprint density at radius 2 is 1.86 bits per heavy atom. The maximum Gasteiger partial charge on any atom is 0.345 e. The maximum atomic E-state index is 12.3. The number of hydrogen-bond donors (Lipinski definition) is 3. The lowest BCUT2D eigenvalue weighted by molar-refractivity contribution is -0.123. The number of aromatic hydroxyl groups is 1. The summed E-state index contributed by atoms with van der Waals surface area (Å²) in [7, 11) is 1.58. The standard InChI is InChI=1S/C27H25N3O5/c1-17-12-19(10-11-24(17)31)23-14-22(29-27(33)30-23)18-7-5-8-21(13-18)35-16-26(32)28-15-20-6-3-4-9-25(20)34-2/h3-14,31H,15-16H2,1-2H3,(H,28,32)(H,29,30,33). The second-order valence-electron chi connectivity index (χ2n) is 7.89. The van der Waals surface area contributed by atoms with Gasteiger partial charge in [-0.05, 0) is 55.0 Å². The van der Waals surface area contributed by atoms with Crippen molar-refractivity contribution in [2.45, 2.75) is 13.5 Å². The van der Waals surface area contributed by atoms with Gasteiger partial charge in [0, 0.05) is 23.2 Å². The van der Waals surface area contributed by atoms with E-state index in [2.05, 4.69) is 15.3 Å². The number of aromatic nitrogens is 2. The molecule has 1 aromatic heterocycles. The quantitative estimate of drug-likeness (QED) is 0.360. The van der Waals surface area contributed by atoms with Crippen molar-refractivity contribution >= 4 is 5.91 Å². The highest BCUT2D eigenvalue weighted by Gasteiger charge is 2.10. The lowest BCUT2D eigenvalue weighted by Crippen LogP contribution is -2.28. The molecule has 1 heterocycles. The highest BCUT2D eigenvalue weighted by molar-refractivity contribution is 5.77. The van der Waals surface area contributed by atoms with E-state index in [-0.39, 0.29) is 18.3 Å². The first-order valence-electron chi connectivity index (χ1n) is 11.0. The van der Waals surface area contributed by atoms with Crippen molar-refractivity contribution in [2.75, 3.05) is 13.7 Å². The maximum absolute atomic E-state index is 12.3. The highest BCUT2D eigenvalue weighted by Crippen LogP contribution is 2.27. The van der Waals surface area contributed by atoms with E-state index >= 15 is 0 Å². The normalized spacial score (nSPS) is 10.6. The number of amides is 1. The number of carbonyl (C=O) groups excluding carboxylic acids is 1. The van der Waals surface area contributed by atoms with E-state index in [0.29, 0.717) is 46.1 Å². The van der Waals surface area contributed by atoms with Gasteiger partial charge in [-0.3, -0.25) is 4.79 Å². The minimum atomic E-state index is -0.495. The molecule has 0 aliphatic carbocycles. The second-order valence-corrected chi connectivity index (χ2v) is 7.89. The third-order valence-electron chi connectivity index (χ3n) is 5.42. The Morgan fingerprint density at radius 1 is 1.03 bits per heavy atom. The largest absolute Gasteiger partial charge is 0.508 e. The van der Waals surface area contributed by atoms with Crippen LogP contribution in [0, 0.1) is 6.92 Å². The molecule has 178 valence electrons. The summed E-state index contributed by atoms with van der Waals surface area (Å²) in [6.45, 7) is 1.94. The van der Waals surface area contributed by atoms with Crippen molar-refractivity contribution < 1.29 is 19.4 Å². The van der Waals surface area contributed by atoms with Crippen molar-refractivity contribution in [3.8, 4) is 39.8 Å². The summed E-state index contributed by atoms with van der Waals surface area (Å²) in [6.07, 6.45) is 0. The zero-order valence-corrected chi connectivity index (χ0v) is 19.4. The SMILES string of the molecule is COc1ccccc1CNC(=O)COc1cccc(-c2cc(-c3ccc(O)c(C)c3)nc(=O)[nH]2)c1. The van der Waals surface area contributed by atoms with Gasteiger partial charge in [0.05, 0.1) is 18.5 Å². The average Bonchev–Trinajstić information content (AvgIpc) is 2.87. The summed E-state index contributed by atoms with van der Waals surface area (Å²) >= 11 is 0. The highest BCUT2D eigenvalue weighted by atomic mass is 16.5. The molecule has 3 aromatic carbocycles. The van der Waals surface area contributed by atoms with E-state index < -0.39 is 5.69 Å². The molecule has 35 heavy (non-hydrogen) atoms. The molecule has 8 nitrogen and oxygen atoms in total. The van der Waals surface area contributed by atoms with Crippen molar-refractivity contribution in [3.05, 3.63) is 94.4 Å². The number of aryl methyl sites for hydroxylation is 1. The number of methoxy groups -OCH3 is 1. The molecule has 0 aliphatic rings. The fourth-order valence-corrected chi connectivity index (χ4v) is 3.57. The molecule has 0 unspecified atom stereocenters. The molecule has 8 heteroatoms. The van der Waals surface area contributed by atoms with Crippen LogP contribution in [0.3, 0.4) is 0 Å². The zero-order chi connectivity index (χ0) is 24.8. The minimum Gasteiger partial charge on any atom is -0.508 e. The van der Waals surface area contributed by atoms with E-state index in [0.717, 1.165) is 5.56 Å². The molecule has 4 aromatic rings. The first kappa shape index (κ1) is 23.6. The Hall–Kier alpha value is -4.59. The smallest absolute Gasteiger partial charge is 0.345 e. The summed E-state index contributed by atoms with van der Waals surface area (Å²) in [4.78, 5) is 31.3.